The number of amides is 1. The zero-order chi connectivity index (χ0) is 49.3. The minimum Gasteiger partial charge on any atom is -0.466 e. The average molecular weight is 963 g/mol. The number of nitrogens with one attached hydrogen (secondary N) is 1. The lowest BCUT2D eigenvalue weighted by Crippen LogP contribution is -2.45. The fourth-order valence-electron chi connectivity index (χ4n) is 10.1. The molecule has 0 bridgehead atoms. The Morgan fingerprint density at radius 3 is 0.897 bits per heavy atom. The van der Waals surface area contributed by atoms with Crippen LogP contribution in [0.1, 0.15) is 361 Å². The van der Waals surface area contributed by atoms with Gasteiger partial charge in [0.2, 0.25) is 5.91 Å². The number of esters is 1. The summed E-state index contributed by atoms with van der Waals surface area (Å²) >= 11 is 0. The Balaban J connectivity index is 3.30. The molecule has 0 aromatic heterocycles. The van der Waals surface area contributed by atoms with E-state index in [1.54, 1.807) is 0 Å². The Hall–Kier alpha value is -1.14. The Kier molecular flexibility index (Phi) is 57.5. The van der Waals surface area contributed by atoms with Crippen LogP contribution in [-0.2, 0) is 14.3 Å². The summed E-state index contributed by atoms with van der Waals surface area (Å²) in [6.45, 7) is 4.97. The summed E-state index contributed by atoms with van der Waals surface area (Å²) in [6.07, 6.45) is 68.4. The van der Waals surface area contributed by atoms with Crippen molar-refractivity contribution >= 4 is 11.9 Å². The summed E-state index contributed by atoms with van der Waals surface area (Å²) in [7, 11) is 0. The van der Waals surface area contributed by atoms with Gasteiger partial charge in [-0.15, -0.1) is 0 Å². The predicted octanol–water partition coefficient (Wildman–Crippen LogP) is 19.5. The van der Waals surface area contributed by atoms with Crippen LogP contribution >= 0.6 is 0 Å². The molecule has 6 heteroatoms. The van der Waals surface area contributed by atoms with Crippen molar-refractivity contribution in [2.75, 3.05) is 13.2 Å². The fourth-order valence-corrected chi connectivity index (χ4v) is 10.1. The monoisotopic (exact) mass is 962 g/mol. The van der Waals surface area contributed by atoms with Crippen LogP contribution < -0.4 is 5.32 Å². The average Bonchev–Trinajstić information content (AvgIpc) is 3.34. The molecule has 2 atom stereocenters. The van der Waals surface area contributed by atoms with Crippen LogP contribution in [0.3, 0.4) is 0 Å². The number of hydrogen-bond donors (Lipinski definition) is 3. The van der Waals surface area contributed by atoms with E-state index < -0.39 is 12.1 Å². The first-order valence-corrected chi connectivity index (χ1v) is 31.3. The number of carbonyl (C=O) groups excluding carboxylic acids is 2. The maximum absolute atomic E-state index is 12.4. The topological polar surface area (TPSA) is 95.9 Å². The van der Waals surface area contributed by atoms with Crippen molar-refractivity contribution in [3.05, 3.63) is 0 Å². The van der Waals surface area contributed by atoms with Gasteiger partial charge in [0.05, 0.1) is 25.4 Å². The van der Waals surface area contributed by atoms with Crippen molar-refractivity contribution in [1.29, 1.82) is 0 Å². The van der Waals surface area contributed by atoms with Crippen molar-refractivity contribution in [1.82, 2.24) is 5.32 Å². The number of ether oxygens (including phenoxy) is 1. The van der Waals surface area contributed by atoms with Crippen molar-refractivity contribution in [2.45, 2.75) is 373 Å². The molecule has 0 heterocycles. The van der Waals surface area contributed by atoms with Crippen LogP contribution in [0, 0.1) is 0 Å². The molecule has 0 spiro atoms. The maximum Gasteiger partial charge on any atom is 0.305 e. The molecule has 0 saturated carbocycles. The summed E-state index contributed by atoms with van der Waals surface area (Å²) < 4.78 is 5.49. The number of carbonyl (C=O) groups is 2. The second-order valence-electron chi connectivity index (χ2n) is 21.8. The summed E-state index contributed by atoms with van der Waals surface area (Å²) in [5, 5.41) is 23.2. The molecular formula is C62H123NO5. The van der Waals surface area contributed by atoms with E-state index in [-0.39, 0.29) is 18.5 Å². The van der Waals surface area contributed by atoms with Crippen molar-refractivity contribution in [2.24, 2.45) is 0 Å². The van der Waals surface area contributed by atoms with Crippen LogP contribution in [-0.4, -0.2) is 47.4 Å². The number of unbranched alkanes of at least 4 members (excludes halogenated alkanes) is 48. The van der Waals surface area contributed by atoms with Crippen LogP contribution in [0.4, 0.5) is 0 Å². The first kappa shape index (κ1) is 66.9. The molecule has 0 aliphatic carbocycles. The van der Waals surface area contributed by atoms with Gasteiger partial charge >= 0.3 is 5.97 Å². The lowest BCUT2D eigenvalue weighted by molar-refractivity contribution is -0.143. The first-order chi connectivity index (χ1) is 33.5. The van der Waals surface area contributed by atoms with E-state index in [1.165, 1.54) is 289 Å². The molecule has 406 valence electrons. The molecular weight excluding hydrogens is 839 g/mol. The molecule has 68 heavy (non-hydrogen) atoms. The Morgan fingerprint density at radius 2 is 0.603 bits per heavy atom. The van der Waals surface area contributed by atoms with E-state index in [9.17, 15) is 19.8 Å². The van der Waals surface area contributed by atoms with Crippen molar-refractivity contribution < 1.29 is 24.5 Å². The van der Waals surface area contributed by atoms with Crippen LogP contribution in [0.2, 0.25) is 0 Å². The third kappa shape index (κ3) is 54.2. The molecule has 0 rings (SSSR count). The van der Waals surface area contributed by atoms with Gasteiger partial charge in [-0.3, -0.25) is 9.59 Å². The molecule has 3 N–H and O–H groups in total. The van der Waals surface area contributed by atoms with E-state index in [0.29, 0.717) is 25.9 Å². The first-order valence-electron chi connectivity index (χ1n) is 31.3. The van der Waals surface area contributed by atoms with Gasteiger partial charge in [-0.05, 0) is 25.7 Å². The maximum atomic E-state index is 12.4. The fraction of sp³-hybridized carbons (Fsp3) is 0.968. The molecule has 0 radical (unpaired) electrons. The van der Waals surface area contributed by atoms with Gasteiger partial charge in [-0.2, -0.15) is 0 Å². The van der Waals surface area contributed by atoms with Gasteiger partial charge in [-0.1, -0.05) is 322 Å². The molecule has 2 unspecified atom stereocenters. The minimum absolute atomic E-state index is 0.0211. The van der Waals surface area contributed by atoms with E-state index in [2.05, 4.69) is 19.2 Å². The molecule has 0 aromatic rings. The van der Waals surface area contributed by atoms with Crippen LogP contribution in [0.25, 0.3) is 0 Å². The normalized spacial score (nSPS) is 12.5. The van der Waals surface area contributed by atoms with E-state index in [1.807, 2.05) is 0 Å². The van der Waals surface area contributed by atoms with E-state index >= 15 is 0 Å². The highest BCUT2D eigenvalue weighted by atomic mass is 16.5. The van der Waals surface area contributed by atoms with Crippen molar-refractivity contribution in [3.8, 4) is 0 Å². The largest absolute Gasteiger partial charge is 0.466 e. The molecule has 0 aromatic carbocycles. The highest BCUT2D eigenvalue weighted by Crippen LogP contribution is 2.19. The SMILES string of the molecule is CCCCCCCCCCCCCCCCC(=O)OCCCCCCCCCCCCCCCCCCCCCCCCCCCCCC(=O)NC(CO)C(O)CCCCCCCCCCCC. The Labute approximate surface area is 426 Å². The van der Waals surface area contributed by atoms with Crippen LogP contribution in [0.5, 0.6) is 0 Å². The lowest BCUT2D eigenvalue weighted by Gasteiger charge is -2.22. The van der Waals surface area contributed by atoms with E-state index in [4.69, 9.17) is 4.74 Å². The number of rotatable bonds is 59. The van der Waals surface area contributed by atoms with Gasteiger partial charge in [0.25, 0.3) is 0 Å². The van der Waals surface area contributed by atoms with Crippen molar-refractivity contribution in [3.63, 3.8) is 0 Å². The minimum atomic E-state index is -0.659. The molecule has 0 aliphatic rings. The second-order valence-corrected chi connectivity index (χ2v) is 21.8. The second kappa shape index (κ2) is 58.4. The Morgan fingerprint density at radius 1 is 0.353 bits per heavy atom. The highest BCUT2D eigenvalue weighted by Gasteiger charge is 2.20. The predicted molar refractivity (Wildman–Crippen MR) is 297 cm³/mol. The third-order valence-corrected chi connectivity index (χ3v) is 14.9. The quantitative estimate of drug-likeness (QED) is 0.0417. The van der Waals surface area contributed by atoms with Gasteiger partial charge in [0.1, 0.15) is 0 Å². The zero-order valence-electron chi connectivity index (χ0n) is 46.4. The summed E-state index contributed by atoms with van der Waals surface area (Å²) in [6, 6.07) is -0.536. The van der Waals surface area contributed by atoms with E-state index in [0.717, 1.165) is 38.5 Å². The van der Waals surface area contributed by atoms with Crippen LogP contribution in [0.15, 0.2) is 0 Å². The standard InChI is InChI=1S/C62H123NO5/c1-3-5-7-9-11-13-15-16-33-36-40-44-48-52-56-62(67)68-57-53-49-45-41-37-34-31-29-27-25-23-21-19-17-18-20-22-24-26-28-30-32-35-39-43-47-51-55-61(66)63-59(58-64)60(65)54-50-46-42-38-14-12-10-8-6-4-2/h59-60,64-65H,3-58H2,1-2H3,(H,63,66). The molecule has 1 amide bonds. The summed E-state index contributed by atoms with van der Waals surface area (Å²) in [4.78, 5) is 24.5. The number of aliphatic hydroxyl groups excluding tert-OH is 2. The third-order valence-electron chi connectivity index (χ3n) is 14.9. The van der Waals surface area contributed by atoms with Gasteiger partial charge in [-0.25, -0.2) is 0 Å². The zero-order valence-corrected chi connectivity index (χ0v) is 46.4. The van der Waals surface area contributed by atoms with Gasteiger partial charge < -0.3 is 20.3 Å². The Bertz CT molecular complexity index is 975. The summed E-state index contributed by atoms with van der Waals surface area (Å²) in [5.41, 5.74) is 0. The number of hydrogen-bond acceptors (Lipinski definition) is 5. The van der Waals surface area contributed by atoms with Gasteiger partial charge in [0.15, 0.2) is 0 Å². The van der Waals surface area contributed by atoms with Gasteiger partial charge in [0, 0.05) is 12.8 Å². The molecule has 6 nitrogen and oxygen atoms in total. The lowest BCUT2D eigenvalue weighted by atomic mass is 10.0. The molecule has 0 aliphatic heterocycles. The number of aliphatic hydroxyl groups is 2. The smallest absolute Gasteiger partial charge is 0.305 e. The summed E-state index contributed by atoms with van der Waals surface area (Å²) in [5.74, 6) is -0.0108. The molecule has 0 fully saturated rings. The highest BCUT2D eigenvalue weighted by molar-refractivity contribution is 5.76. The molecule has 0 saturated heterocycles.